The molecule has 2 rings (SSSR count). The Morgan fingerprint density at radius 3 is 2.50 bits per heavy atom. The molecule has 1 saturated heterocycles. The Labute approximate surface area is 168 Å². The Hall–Kier alpha value is -0.860. The average Bonchev–Trinajstić information content (AvgIpc) is 2.55. The van der Waals surface area contributed by atoms with Crippen molar-refractivity contribution >= 4 is 40.6 Å². The summed E-state index contributed by atoms with van der Waals surface area (Å²) in [6, 6.07) is 7.77. The highest BCUT2D eigenvalue weighted by molar-refractivity contribution is 7.91. The fourth-order valence-electron chi connectivity index (χ4n) is 2.75. The van der Waals surface area contributed by atoms with Crippen LogP contribution in [0.25, 0.3) is 0 Å². The van der Waals surface area contributed by atoms with Crippen molar-refractivity contribution in [1.29, 1.82) is 0 Å². The van der Waals surface area contributed by atoms with Gasteiger partial charge in [0, 0.05) is 37.8 Å². The minimum atomic E-state index is -2.86. The first-order valence-corrected chi connectivity index (χ1v) is 10.2. The molecule has 0 bridgehead atoms. The van der Waals surface area contributed by atoms with Crippen LogP contribution in [-0.2, 0) is 16.4 Å². The summed E-state index contributed by atoms with van der Waals surface area (Å²) in [6.07, 6.45) is 0. The van der Waals surface area contributed by atoms with Crippen molar-refractivity contribution in [3.05, 3.63) is 35.4 Å². The van der Waals surface area contributed by atoms with Crippen LogP contribution in [0.2, 0.25) is 0 Å². The largest absolute Gasteiger partial charge is 0.350 e. The van der Waals surface area contributed by atoms with Gasteiger partial charge >= 0.3 is 0 Å². The molecule has 1 aromatic carbocycles. The van der Waals surface area contributed by atoms with Crippen molar-refractivity contribution in [1.82, 2.24) is 15.5 Å². The maximum absolute atomic E-state index is 12.3. The summed E-state index contributed by atoms with van der Waals surface area (Å²) in [5.41, 5.74) is 1.67. The molecule has 1 aromatic rings. The van der Waals surface area contributed by atoms with Gasteiger partial charge in [0.15, 0.2) is 9.84 Å². The number of carbonyl (C=O) groups excluding carboxylic acids is 1. The number of likely N-dealkylation sites (N-methyl/N-ethyl adjacent to an activating group) is 1. The molecule has 150 valence electrons. The van der Waals surface area contributed by atoms with Crippen LogP contribution in [0.4, 0.5) is 0 Å². The summed E-state index contributed by atoms with van der Waals surface area (Å²) in [4.78, 5) is 14.4. The Morgan fingerprint density at radius 2 is 1.88 bits per heavy atom. The molecule has 1 aliphatic heterocycles. The van der Waals surface area contributed by atoms with E-state index < -0.39 is 9.84 Å². The number of hydrogen-bond donors (Lipinski definition) is 2. The van der Waals surface area contributed by atoms with E-state index in [2.05, 4.69) is 15.5 Å². The molecule has 1 heterocycles. The van der Waals surface area contributed by atoms with Crippen LogP contribution < -0.4 is 10.6 Å². The summed E-state index contributed by atoms with van der Waals surface area (Å²) in [5.74, 6) is 0.355. The van der Waals surface area contributed by atoms with E-state index in [1.54, 1.807) is 6.07 Å². The predicted octanol–water partition coefficient (Wildman–Crippen LogP) is 1.49. The highest BCUT2D eigenvalue weighted by Crippen LogP contribution is 2.11. The van der Waals surface area contributed by atoms with Crippen molar-refractivity contribution in [3.8, 4) is 0 Å². The van der Waals surface area contributed by atoms with Crippen molar-refractivity contribution in [2.75, 3.05) is 37.7 Å². The maximum atomic E-state index is 12.3. The standard InChI is InChI=1S/C17H27N3O3S.2ClH/c1-3-18-14(2)12-19-17(21)16-6-4-5-15(11-16)13-20-7-9-24(22,23)10-8-20;;/h4-6,11,14,18H,3,7-10,12-13H2,1-2H3,(H,19,21);2*1H/t14-;;/m1../s1. The molecule has 0 saturated carbocycles. The zero-order chi connectivity index (χ0) is 17.6. The summed E-state index contributed by atoms with van der Waals surface area (Å²) in [5, 5.41) is 6.18. The summed E-state index contributed by atoms with van der Waals surface area (Å²) >= 11 is 0. The number of rotatable bonds is 7. The normalized spacial score (nSPS) is 17.5. The number of nitrogens with zero attached hydrogens (tertiary/aromatic N) is 1. The first kappa shape index (κ1) is 25.1. The van der Waals surface area contributed by atoms with E-state index in [1.807, 2.05) is 32.0 Å². The molecule has 0 spiro atoms. The molecule has 1 atom stereocenters. The SMILES string of the molecule is CCN[C@H](C)CNC(=O)c1cccc(CN2CCS(=O)(=O)CC2)c1.Cl.Cl. The van der Waals surface area contributed by atoms with Gasteiger partial charge in [-0.25, -0.2) is 8.42 Å². The number of sulfone groups is 1. The minimum absolute atomic E-state index is 0. The van der Waals surface area contributed by atoms with Crippen LogP contribution in [0.3, 0.4) is 0 Å². The summed E-state index contributed by atoms with van der Waals surface area (Å²) in [6.45, 7) is 7.31. The highest BCUT2D eigenvalue weighted by atomic mass is 35.5. The molecule has 0 aliphatic carbocycles. The van der Waals surface area contributed by atoms with Gasteiger partial charge in [0.05, 0.1) is 11.5 Å². The van der Waals surface area contributed by atoms with E-state index in [0.29, 0.717) is 31.7 Å². The number of nitrogens with one attached hydrogen (secondary N) is 2. The number of halogens is 2. The van der Waals surface area contributed by atoms with E-state index in [-0.39, 0.29) is 48.3 Å². The molecule has 0 unspecified atom stereocenters. The van der Waals surface area contributed by atoms with Crippen molar-refractivity contribution in [2.24, 2.45) is 0 Å². The van der Waals surface area contributed by atoms with Gasteiger partial charge in [-0.1, -0.05) is 19.1 Å². The molecule has 0 aromatic heterocycles. The lowest BCUT2D eigenvalue weighted by Gasteiger charge is -2.26. The van der Waals surface area contributed by atoms with Crippen LogP contribution >= 0.6 is 24.8 Å². The minimum Gasteiger partial charge on any atom is -0.350 e. The molecule has 1 amide bonds. The smallest absolute Gasteiger partial charge is 0.251 e. The van der Waals surface area contributed by atoms with Crippen molar-refractivity contribution in [3.63, 3.8) is 0 Å². The maximum Gasteiger partial charge on any atom is 0.251 e. The van der Waals surface area contributed by atoms with E-state index >= 15 is 0 Å². The summed E-state index contributed by atoms with van der Waals surface area (Å²) < 4.78 is 23.0. The van der Waals surface area contributed by atoms with Crippen LogP contribution in [0.15, 0.2) is 24.3 Å². The second-order valence-corrected chi connectivity index (χ2v) is 8.60. The van der Waals surface area contributed by atoms with Gasteiger partial charge in [0.1, 0.15) is 0 Å². The third-order valence-corrected chi connectivity index (χ3v) is 5.76. The van der Waals surface area contributed by atoms with Crippen LogP contribution in [0, 0.1) is 0 Å². The van der Waals surface area contributed by atoms with E-state index in [1.165, 1.54) is 0 Å². The van der Waals surface area contributed by atoms with Gasteiger partial charge in [-0.3, -0.25) is 9.69 Å². The average molecular weight is 426 g/mol. The Balaban J connectivity index is 0.00000312. The van der Waals surface area contributed by atoms with Gasteiger partial charge in [-0.2, -0.15) is 0 Å². The van der Waals surface area contributed by atoms with Gasteiger partial charge in [-0.15, -0.1) is 24.8 Å². The molecule has 1 fully saturated rings. The van der Waals surface area contributed by atoms with E-state index in [0.717, 1.165) is 12.1 Å². The second kappa shape index (κ2) is 11.8. The van der Waals surface area contributed by atoms with Gasteiger partial charge in [0.2, 0.25) is 0 Å². The van der Waals surface area contributed by atoms with Gasteiger partial charge < -0.3 is 10.6 Å². The zero-order valence-electron chi connectivity index (χ0n) is 15.2. The zero-order valence-corrected chi connectivity index (χ0v) is 17.7. The lowest BCUT2D eigenvalue weighted by Crippen LogP contribution is -2.40. The molecular formula is C17H29Cl2N3O3S. The fourth-order valence-corrected chi connectivity index (χ4v) is 4.02. The lowest BCUT2D eigenvalue weighted by atomic mass is 10.1. The topological polar surface area (TPSA) is 78.5 Å². The number of carbonyl (C=O) groups is 1. The number of amides is 1. The van der Waals surface area contributed by atoms with Gasteiger partial charge in [-0.05, 0) is 31.2 Å². The van der Waals surface area contributed by atoms with Crippen LogP contribution in [0.1, 0.15) is 29.8 Å². The van der Waals surface area contributed by atoms with Crippen molar-refractivity contribution < 1.29 is 13.2 Å². The fraction of sp³-hybridized carbons (Fsp3) is 0.588. The molecule has 1 aliphatic rings. The molecule has 9 heteroatoms. The van der Waals surface area contributed by atoms with Gasteiger partial charge in [0.25, 0.3) is 5.91 Å². The Bertz CT molecular complexity index is 657. The predicted molar refractivity (Wildman–Crippen MR) is 110 cm³/mol. The first-order chi connectivity index (χ1) is 11.4. The van der Waals surface area contributed by atoms with E-state index in [4.69, 9.17) is 0 Å². The van der Waals surface area contributed by atoms with Crippen LogP contribution in [0.5, 0.6) is 0 Å². The quantitative estimate of drug-likeness (QED) is 0.691. The third kappa shape index (κ3) is 8.22. The highest BCUT2D eigenvalue weighted by Gasteiger charge is 2.21. The lowest BCUT2D eigenvalue weighted by molar-refractivity contribution is 0.0950. The molecule has 0 radical (unpaired) electrons. The molecule has 2 N–H and O–H groups in total. The molecule has 6 nitrogen and oxygen atoms in total. The van der Waals surface area contributed by atoms with Crippen LogP contribution in [-0.4, -0.2) is 63.0 Å². The second-order valence-electron chi connectivity index (χ2n) is 6.30. The monoisotopic (exact) mass is 425 g/mol. The number of benzene rings is 1. The molecular weight excluding hydrogens is 397 g/mol. The molecule has 26 heavy (non-hydrogen) atoms. The number of hydrogen-bond acceptors (Lipinski definition) is 5. The van der Waals surface area contributed by atoms with Crippen molar-refractivity contribution in [2.45, 2.75) is 26.4 Å². The third-order valence-electron chi connectivity index (χ3n) is 4.15. The summed E-state index contributed by atoms with van der Waals surface area (Å²) in [7, 11) is -2.86. The Kier molecular flexibility index (Phi) is 11.4. The first-order valence-electron chi connectivity index (χ1n) is 8.43. The van der Waals surface area contributed by atoms with E-state index in [9.17, 15) is 13.2 Å². The Morgan fingerprint density at radius 1 is 1.23 bits per heavy atom.